The molecule has 0 saturated heterocycles. The number of hydrogen-bond donors (Lipinski definition) is 2. The fourth-order valence-corrected chi connectivity index (χ4v) is 3.13. The third-order valence-electron chi connectivity index (χ3n) is 4.76. The van der Waals surface area contributed by atoms with Crippen molar-refractivity contribution in [2.45, 2.75) is 46.6 Å². The van der Waals surface area contributed by atoms with Gasteiger partial charge in [0, 0.05) is 13.1 Å². The first-order valence-corrected chi connectivity index (χ1v) is 9.03. The largest absolute Gasteiger partial charge is 0.480 e. The first-order valence-electron chi connectivity index (χ1n) is 9.03. The van der Waals surface area contributed by atoms with E-state index in [2.05, 4.69) is 26.1 Å². The Morgan fingerprint density at radius 2 is 1.69 bits per heavy atom. The predicted octanol–water partition coefficient (Wildman–Crippen LogP) is 2.79. The first kappa shape index (κ1) is 20.1. The number of carboxylic acids is 1. The Balaban J connectivity index is 1.92. The van der Waals surface area contributed by atoms with E-state index in [1.165, 1.54) is 4.90 Å². The van der Waals surface area contributed by atoms with Gasteiger partial charge < -0.3 is 10.4 Å². The highest BCUT2D eigenvalue weighted by Gasteiger charge is 2.35. The molecule has 1 aliphatic heterocycles. The standard InChI is InChI=1S/C20H28N2O4/c1-13(9-10-20(2,3)4)16(19(25)26)21-11-12-22-17(23)14-7-5-6-8-15(14)18(22)24/h5-8,13,16,21H,9-12H2,1-4H3,(H,25,26)/t13-,16-/m0/s1. The Morgan fingerprint density at radius 3 is 2.15 bits per heavy atom. The number of carboxylic acid groups (broad SMARTS) is 1. The lowest BCUT2D eigenvalue weighted by molar-refractivity contribution is -0.140. The lowest BCUT2D eigenvalue weighted by atomic mass is 9.85. The van der Waals surface area contributed by atoms with Crippen molar-refractivity contribution >= 4 is 17.8 Å². The fourth-order valence-electron chi connectivity index (χ4n) is 3.13. The molecule has 1 aromatic carbocycles. The number of nitrogens with zero attached hydrogens (tertiary/aromatic N) is 1. The van der Waals surface area contributed by atoms with Crippen molar-refractivity contribution in [1.82, 2.24) is 10.2 Å². The van der Waals surface area contributed by atoms with Crippen LogP contribution in [0.1, 0.15) is 61.3 Å². The van der Waals surface area contributed by atoms with E-state index in [-0.39, 0.29) is 36.2 Å². The Bertz CT molecular complexity index is 658. The topological polar surface area (TPSA) is 86.7 Å². The zero-order chi connectivity index (χ0) is 19.5. The third-order valence-corrected chi connectivity index (χ3v) is 4.76. The van der Waals surface area contributed by atoms with Gasteiger partial charge in [0.15, 0.2) is 0 Å². The highest BCUT2D eigenvalue weighted by molar-refractivity contribution is 6.21. The van der Waals surface area contributed by atoms with Gasteiger partial charge in [-0.3, -0.25) is 19.3 Å². The van der Waals surface area contributed by atoms with Crippen molar-refractivity contribution in [3.63, 3.8) is 0 Å². The van der Waals surface area contributed by atoms with Crippen LogP contribution in [0.2, 0.25) is 0 Å². The number of fused-ring (bicyclic) bond motifs is 1. The molecule has 0 bridgehead atoms. The molecule has 2 amide bonds. The number of hydrogen-bond acceptors (Lipinski definition) is 4. The number of rotatable bonds is 8. The summed E-state index contributed by atoms with van der Waals surface area (Å²) in [5.74, 6) is -1.59. The smallest absolute Gasteiger partial charge is 0.320 e. The minimum absolute atomic E-state index is 0.0473. The molecule has 0 radical (unpaired) electrons. The fraction of sp³-hybridized carbons (Fsp3) is 0.550. The number of imide groups is 1. The van der Waals surface area contributed by atoms with Crippen LogP contribution in [-0.4, -0.2) is 46.9 Å². The maximum absolute atomic E-state index is 12.3. The lowest BCUT2D eigenvalue weighted by Gasteiger charge is -2.26. The minimum atomic E-state index is -0.909. The Labute approximate surface area is 154 Å². The van der Waals surface area contributed by atoms with Gasteiger partial charge in [0.25, 0.3) is 11.8 Å². The summed E-state index contributed by atoms with van der Waals surface area (Å²) >= 11 is 0. The van der Waals surface area contributed by atoms with Crippen LogP contribution in [0.25, 0.3) is 0 Å². The number of nitrogens with one attached hydrogen (secondary N) is 1. The van der Waals surface area contributed by atoms with Gasteiger partial charge in [-0.05, 0) is 36.3 Å². The Hall–Kier alpha value is -2.21. The normalized spacial score (nSPS) is 16.5. The molecule has 0 fully saturated rings. The average Bonchev–Trinajstić information content (AvgIpc) is 2.80. The monoisotopic (exact) mass is 360 g/mol. The first-order chi connectivity index (χ1) is 12.1. The molecule has 0 aliphatic carbocycles. The molecule has 0 unspecified atom stereocenters. The van der Waals surface area contributed by atoms with Crippen LogP contribution in [0, 0.1) is 11.3 Å². The van der Waals surface area contributed by atoms with Gasteiger partial charge in [0.2, 0.25) is 0 Å². The van der Waals surface area contributed by atoms with Crippen LogP contribution in [0.3, 0.4) is 0 Å². The highest BCUT2D eigenvalue weighted by Crippen LogP contribution is 2.25. The zero-order valence-corrected chi connectivity index (χ0v) is 15.9. The molecule has 0 spiro atoms. The van der Waals surface area contributed by atoms with Crippen LogP contribution in [0.5, 0.6) is 0 Å². The highest BCUT2D eigenvalue weighted by atomic mass is 16.4. The van der Waals surface area contributed by atoms with Crippen molar-refractivity contribution in [3.8, 4) is 0 Å². The Morgan fingerprint density at radius 1 is 1.15 bits per heavy atom. The molecular weight excluding hydrogens is 332 g/mol. The van der Waals surface area contributed by atoms with Gasteiger partial charge in [-0.25, -0.2) is 0 Å². The Kier molecular flexibility index (Phi) is 6.18. The summed E-state index contributed by atoms with van der Waals surface area (Å²) < 4.78 is 0. The number of carbonyl (C=O) groups is 3. The summed E-state index contributed by atoms with van der Waals surface area (Å²) in [6.07, 6.45) is 1.72. The van der Waals surface area contributed by atoms with Gasteiger partial charge in [-0.2, -0.15) is 0 Å². The van der Waals surface area contributed by atoms with Crippen molar-refractivity contribution in [1.29, 1.82) is 0 Å². The van der Waals surface area contributed by atoms with Gasteiger partial charge in [-0.15, -0.1) is 0 Å². The second-order valence-corrected chi connectivity index (χ2v) is 8.15. The van der Waals surface area contributed by atoms with Gasteiger partial charge in [-0.1, -0.05) is 39.8 Å². The molecule has 142 valence electrons. The average molecular weight is 360 g/mol. The molecular formula is C20H28N2O4. The van der Waals surface area contributed by atoms with Crippen molar-refractivity contribution in [2.75, 3.05) is 13.1 Å². The lowest BCUT2D eigenvalue weighted by Crippen LogP contribution is -2.46. The van der Waals surface area contributed by atoms with E-state index in [0.717, 1.165) is 12.8 Å². The molecule has 6 heteroatoms. The third kappa shape index (κ3) is 4.69. The van der Waals surface area contributed by atoms with E-state index in [0.29, 0.717) is 11.1 Å². The molecule has 2 N–H and O–H groups in total. The van der Waals surface area contributed by atoms with E-state index < -0.39 is 12.0 Å². The molecule has 26 heavy (non-hydrogen) atoms. The summed E-state index contributed by atoms with van der Waals surface area (Å²) in [4.78, 5) is 37.4. The second-order valence-electron chi connectivity index (χ2n) is 8.15. The predicted molar refractivity (Wildman–Crippen MR) is 99.1 cm³/mol. The van der Waals surface area contributed by atoms with E-state index in [1.807, 2.05) is 6.92 Å². The molecule has 1 aromatic rings. The zero-order valence-electron chi connectivity index (χ0n) is 15.9. The van der Waals surface area contributed by atoms with E-state index in [4.69, 9.17) is 0 Å². The van der Waals surface area contributed by atoms with Crippen LogP contribution in [-0.2, 0) is 4.79 Å². The summed E-state index contributed by atoms with van der Waals surface area (Å²) in [7, 11) is 0. The molecule has 0 aromatic heterocycles. The molecule has 1 heterocycles. The van der Waals surface area contributed by atoms with E-state index in [1.54, 1.807) is 24.3 Å². The number of aliphatic carboxylic acids is 1. The summed E-state index contributed by atoms with van der Waals surface area (Å²) in [5, 5.41) is 12.5. The maximum atomic E-state index is 12.3. The van der Waals surface area contributed by atoms with Crippen LogP contribution < -0.4 is 5.32 Å². The van der Waals surface area contributed by atoms with Crippen molar-refractivity contribution < 1.29 is 19.5 Å². The summed E-state index contributed by atoms with van der Waals surface area (Å²) in [6.45, 7) is 8.71. The SMILES string of the molecule is C[C@@H](CCC(C)(C)C)[C@H](NCCN1C(=O)c2ccccc2C1=O)C(=O)O. The number of amides is 2. The van der Waals surface area contributed by atoms with Gasteiger partial charge in [0.1, 0.15) is 6.04 Å². The maximum Gasteiger partial charge on any atom is 0.320 e. The minimum Gasteiger partial charge on any atom is -0.480 e. The van der Waals surface area contributed by atoms with Crippen molar-refractivity contribution in [3.05, 3.63) is 35.4 Å². The summed E-state index contributed by atoms with van der Waals surface area (Å²) in [5.41, 5.74) is 0.967. The van der Waals surface area contributed by atoms with E-state index in [9.17, 15) is 19.5 Å². The van der Waals surface area contributed by atoms with Crippen LogP contribution in [0.15, 0.2) is 24.3 Å². The molecule has 1 aliphatic rings. The number of carbonyl (C=O) groups excluding carboxylic acids is 2. The second kappa shape index (κ2) is 7.99. The summed E-state index contributed by atoms with van der Waals surface area (Å²) in [6, 6.07) is 6.02. The van der Waals surface area contributed by atoms with Crippen LogP contribution >= 0.6 is 0 Å². The van der Waals surface area contributed by atoms with Gasteiger partial charge in [0.05, 0.1) is 11.1 Å². The molecule has 6 nitrogen and oxygen atoms in total. The molecule has 2 atom stereocenters. The number of benzene rings is 1. The van der Waals surface area contributed by atoms with Crippen LogP contribution in [0.4, 0.5) is 0 Å². The van der Waals surface area contributed by atoms with Crippen molar-refractivity contribution in [2.24, 2.45) is 11.3 Å². The van der Waals surface area contributed by atoms with E-state index >= 15 is 0 Å². The quantitative estimate of drug-likeness (QED) is 0.696. The molecule has 2 rings (SSSR count). The molecule has 0 saturated carbocycles. The van der Waals surface area contributed by atoms with Gasteiger partial charge >= 0.3 is 5.97 Å².